The average molecular weight is 272 g/mol. The fourth-order valence-corrected chi connectivity index (χ4v) is 1.69. The number of carbonyl (C=O) groups excluding carboxylic acids is 1. The van der Waals surface area contributed by atoms with Gasteiger partial charge in [-0.05, 0) is 26.2 Å². The largest absolute Gasteiger partial charge is 0.481 e. The van der Waals surface area contributed by atoms with Crippen molar-refractivity contribution in [2.45, 2.75) is 58.9 Å². The van der Waals surface area contributed by atoms with Crippen molar-refractivity contribution in [3.05, 3.63) is 0 Å². The van der Waals surface area contributed by atoms with Gasteiger partial charge in [-0.3, -0.25) is 9.59 Å². The Hall–Kier alpha value is -1.10. The lowest BCUT2D eigenvalue weighted by molar-refractivity contribution is -0.141. The van der Waals surface area contributed by atoms with Crippen molar-refractivity contribution in [1.29, 1.82) is 0 Å². The molecule has 0 fully saturated rings. The molecule has 0 aromatic carbocycles. The molecule has 0 aromatic heterocycles. The summed E-state index contributed by atoms with van der Waals surface area (Å²) in [6.07, 6.45) is 4.52. The highest BCUT2D eigenvalue weighted by molar-refractivity contribution is 5.77. The lowest BCUT2D eigenvalue weighted by Gasteiger charge is -2.14. The Morgan fingerprint density at radius 2 is 1.84 bits per heavy atom. The van der Waals surface area contributed by atoms with Gasteiger partial charge in [-0.15, -0.1) is 0 Å². The summed E-state index contributed by atoms with van der Waals surface area (Å²) in [6, 6.07) is 0.234. The first-order chi connectivity index (χ1) is 8.97. The van der Waals surface area contributed by atoms with E-state index in [-0.39, 0.29) is 17.9 Å². The molecule has 19 heavy (non-hydrogen) atoms. The summed E-state index contributed by atoms with van der Waals surface area (Å²) >= 11 is 0. The molecule has 2 unspecified atom stereocenters. The zero-order valence-corrected chi connectivity index (χ0v) is 12.4. The summed E-state index contributed by atoms with van der Waals surface area (Å²) in [4.78, 5) is 22.1. The summed E-state index contributed by atoms with van der Waals surface area (Å²) < 4.78 is 0. The molecule has 0 rings (SSSR count). The Kier molecular flexibility index (Phi) is 10.2. The zero-order valence-electron chi connectivity index (χ0n) is 12.4. The number of hydrogen-bond donors (Lipinski definition) is 3. The molecule has 0 heterocycles. The van der Waals surface area contributed by atoms with Crippen molar-refractivity contribution in [2.75, 3.05) is 13.1 Å². The number of carboxylic acids is 1. The summed E-state index contributed by atoms with van der Waals surface area (Å²) in [5.74, 6) is -1.00. The first-order valence-corrected chi connectivity index (χ1v) is 7.20. The van der Waals surface area contributed by atoms with Crippen molar-refractivity contribution in [3.8, 4) is 0 Å². The van der Waals surface area contributed by atoms with E-state index >= 15 is 0 Å². The Labute approximate surface area is 116 Å². The van der Waals surface area contributed by atoms with E-state index in [2.05, 4.69) is 17.6 Å². The second kappa shape index (κ2) is 10.8. The highest BCUT2D eigenvalue weighted by atomic mass is 16.4. The minimum atomic E-state index is -0.740. The standard InChI is InChI=1S/C14H28N2O3/c1-4-5-9-15-13(17)10-16-12(3)8-6-7-11(2)14(18)19/h11-12,16H,4-10H2,1-3H3,(H,15,17)(H,18,19). The van der Waals surface area contributed by atoms with E-state index in [0.717, 1.165) is 32.2 Å². The number of amides is 1. The van der Waals surface area contributed by atoms with Crippen molar-refractivity contribution in [3.63, 3.8) is 0 Å². The number of hydrogen-bond acceptors (Lipinski definition) is 3. The monoisotopic (exact) mass is 272 g/mol. The number of aliphatic carboxylic acids is 1. The third kappa shape index (κ3) is 10.5. The van der Waals surface area contributed by atoms with E-state index in [4.69, 9.17) is 5.11 Å². The summed E-state index contributed by atoms with van der Waals surface area (Å²) in [7, 11) is 0. The smallest absolute Gasteiger partial charge is 0.306 e. The quantitative estimate of drug-likeness (QED) is 0.501. The molecule has 5 nitrogen and oxygen atoms in total. The molecule has 0 saturated heterocycles. The number of unbranched alkanes of at least 4 members (excludes halogenated alkanes) is 1. The van der Waals surface area contributed by atoms with Crippen molar-refractivity contribution in [1.82, 2.24) is 10.6 Å². The van der Waals surface area contributed by atoms with Gasteiger partial charge in [0.15, 0.2) is 0 Å². The molecule has 0 radical (unpaired) electrons. The van der Waals surface area contributed by atoms with Crippen LogP contribution in [0.5, 0.6) is 0 Å². The van der Waals surface area contributed by atoms with Crippen LogP contribution in [0, 0.1) is 5.92 Å². The minimum Gasteiger partial charge on any atom is -0.481 e. The predicted molar refractivity (Wildman–Crippen MR) is 76.0 cm³/mol. The van der Waals surface area contributed by atoms with Crippen LogP contribution in [0.4, 0.5) is 0 Å². The second-order valence-corrected chi connectivity index (χ2v) is 5.16. The molecule has 1 amide bonds. The Bertz CT molecular complexity index is 269. The average Bonchev–Trinajstić information content (AvgIpc) is 2.36. The number of carboxylic acid groups (broad SMARTS) is 1. The molecule has 0 aromatic rings. The Morgan fingerprint density at radius 1 is 1.16 bits per heavy atom. The molecule has 0 spiro atoms. The highest BCUT2D eigenvalue weighted by Crippen LogP contribution is 2.09. The van der Waals surface area contributed by atoms with Gasteiger partial charge in [0.1, 0.15) is 0 Å². The number of rotatable bonds is 11. The predicted octanol–water partition coefficient (Wildman–Crippen LogP) is 1.77. The third-order valence-electron chi connectivity index (χ3n) is 3.16. The van der Waals surface area contributed by atoms with E-state index in [1.807, 2.05) is 6.92 Å². The van der Waals surface area contributed by atoms with Crippen LogP contribution >= 0.6 is 0 Å². The zero-order chi connectivity index (χ0) is 14.7. The molecule has 0 bridgehead atoms. The van der Waals surface area contributed by atoms with Crippen molar-refractivity contribution in [2.24, 2.45) is 5.92 Å². The van der Waals surface area contributed by atoms with E-state index in [1.54, 1.807) is 6.92 Å². The van der Waals surface area contributed by atoms with Crippen LogP contribution in [-0.2, 0) is 9.59 Å². The van der Waals surface area contributed by atoms with E-state index < -0.39 is 5.97 Å². The minimum absolute atomic E-state index is 0.0270. The SMILES string of the molecule is CCCCNC(=O)CNC(C)CCCC(C)C(=O)O. The van der Waals surface area contributed by atoms with Gasteiger partial charge in [0, 0.05) is 12.6 Å². The first-order valence-electron chi connectivity index (χ1n) is 7.20. The van der Waals surface area contributed by atoms with Gasteiger partial charge < -0.3 is 15.7 Å². The molecular formula is C14H28N2O3. The van der Waals surface area contributed by atoms with Crippen molar-refractivity contribution >= 4 is 11.9 Å². The Balaban J connectivity index is 3.55. The van der Waals surface area contributed by atoms with E-state index in [1.165, 1.54) is 0 Å². The van der Waals surface area contributed by atoms with Gasteiger partial charge in [0.2, 0.25) is 5.91 Å². The Morgan fingerprint density at radius 3 is 2.42 bits per heavy atom. The third-order valence-corrected chi connectivity index (χ3v) is 3.16. The normalized spacial score (nSPS) is 13.8. The molecule has 5 heteroatoms. The topological polar surface area (TPSA) is 78.4 Å². The summed E-state index contributed by atoms with van der Waals surface area (Å²) in [6.45, 7) is 6.90. The van der Waals surface area contributed by atoms with Crippen LogP contribution in [0.1, 0.15) is 52.9 Å². The lowest BCUT2D eigenvalue weighted by Crippen LogP contribution is -2.38. The number of nitrogens with one attached hydrogen (secondary N) is 2. The molecule has 0 saturated carbocycles. The number of carbonyl (C=O) groups is 2. The fourth-order valence-electron chi connectivity index (χ4n) is 1.69. The molecule has 112 valence electrons. The summed E-state index contributed by atoms with van der Waals surface area (Å²) in [5, 5.41) is 14.8. The van der Waals surface area contributed by atoms with E-state index in [0.29, 0.717) is 13.0 Å². The molecule has 0 aliphatic rings. The highest BCUT2D eigenvalue weighted by Gasteiger charge is 2.11. The maximum absolute atomic E-state index is 11.4. The van der Waals surface area contributed by atoms with Crippen LogP contribution in [0.15, 0.2) is 0 Å². The molecule has 2 atom stereocenters. The van der Waals surface area contributed by atoms with Crippen LogP contribution in [0.3, 0.4) is 0 Å². The van der Waals surface area contributed by atoms with Gasteiger partial charge >= 0.3 is 5.97 Å². The maximum Gasteiger partial charge on any atom is 0.306 e. The molecule has 3 N–H and O–H groups in total. The first kappa shape index (κ1) is 17.9. The van der Waals surface area contributed by atoms with Gasteiger partial charge in [-0.2, -0.15) is 0 Å². The van der Waals surface area contributed by atoms with Crippen molar-refractivity contribution < 1.29 is 14.7 Å². The van der Waals surface area contributed by atoms with Crippen LogP contribution in [0.2, 0.25) is 0 Å². The fraction of sp³-hybridized carbons (Fsp3) is 0.857. The van der Waals surface area contributed by atoms with E-state index in [9.17, 15) is 9.59 Å². The molecular weight excluding hydrogens is 244 g/mol. The van der Waals surface area contributed by atoms with Gasteiger partial charge in [-0.25, -0.2) is 0 Å². The molecule has 0 aliphatic carbocycles. The second-order valence-electron chi connectivity index (χ2n) is 5.16. The van der Waals surface area contributed by atoms with Gasteiger partial charge in [0.25, 0.3) is 0 Å². The maximum atomic E-state index is 11.4. The van der Waals surface area contributed by atoms with Gasteiger partial charge in [0.05, 0.1) is 12.5 Å². The molecule has 0 aliphatic heterocycles. The van der Waals surface area contributed by atoms with Crippen LogP contribution in [0.25, 0.3) is 0 Å². The van der Waals surface area contributed by atoms with Crippen LogP contribution in [-0.4, -0.2) is 36.1 Å². The van der Waals surface area contributed by atoms with Crippen LogP contribution < -0.4 is 10.6 Å². The summed E-state index contributed by atoms with van der Waals surface area (Å²) in [5.41, 5.74) is 0. The lowest BCUT2D eigenvalue weighted by atomic mass is 10.0. The van der Waals surface area contributed by atoms with Gasteiger partial charge in [-0.1, -0.05) is 26.7 Å².